The molecule has 1 aliphatic carbocycles. The van der Waals surface area contributed by atoms with Crippen LogP contribution in [0.15, 0.2) is 78.9 Å². The highest BCUT2D eigenvalue weighted by atomic mass is 35.5. The third-order valence-electron chi connectivity index (χ3n) is 6.34. The second-order valence-electron chi connectivity index (χ2n) is 8.81. The lowest BCUT2D eigenvalue weighted by atomic mass is 9.84. The summed E-state index contributed by atoms with van der Waals surface area (Å²) in [6.45, 7) is 3.41. The van der Waals surface area contributed by atoms with Gasteiger partial charge in [0, 0.05) is 13.2 Å². The van der Waals surface area contributed by atoms with Gasteiger partial charge in [-0.15, -0.1) is 12.4 Å². The van der Waals surface area contributed by atoms with Gasteiger partial charge in [0.1, 0.15) is 0 Å². The summed E-state index contributed by atoms with van der Waals surface area (Å²) in [7, 11) is 2.14. The van der Waals surface area contributed by atoms with Gasteiger partial charge >= 0.3 is 0 Å². The SMILES string of the molecule is CC(=O)C(NCN(C)CC1CCc2ccccc2C1)c1ccc(-c2ccccc2)cc1.Cl. The maximum absolute atomic E-state index is 12.4. The number of hydrogen-bond acceptors (Lipinski definition) is 3. The number of hydrogen-bond donors (Lipinski definition) is 1. The number of ketones is 1. The van der Waals surface area contributed by atoms with Gasteiger partial charge < -0.3 is 0 Å². The number of halogens is 1. The molecule has 2 atom stereocenters. The first-order chi connectivity index (χ1) is 15.1. The van der Waals surface area contributed by atoms with Crippen molar-refractivity contribution in [2.24, 2.45) is 5.92 Å². The van der Waals surface area contributed by atoms with E-state index < -0.39 is 0 Å². The molecule has 0 saturated carbocycles. The van der Waals surface area contributed by atoms with Crippen LogP contribution in [0.25, 0.3) is 11.1 Å². The van der Waals surface area contributed by atoms with Crippen LogP contribution in [0.2, 0.25) is 0 Å². The molecule has 0 heterocycles. The molecule has 0 aliphatic heterocycles. The van der Waals surface area contributed by atoms with Crippen LogP contribution in [-0.4, -0.2) is 30.9 Å². The van der Waals surface area contributed by atoms with Crippen molar-refractivity contribution in [1.82, 2.24) is 10.2 Å². The van der Waals surface area contributed by atoms with Crippen LogP contribution in [0, 0.1) is 5.92 Å². The van der Waals surface area contributed by atoms with E-state index in [2.05, 4.69) is 77.9 Å². The fourth-order valence-corrected chi connectivity index (χ4v) is 4.68. The Morgan fingerprint density at radius 1 is 0.938 bits per heavy atom. The molecule has 3 aromatic carbocycles. The lowest BCUT2D eigenvalue weighted by Gasteiger charge is -2.29. The number of fused-ring (bicyclic) bond motifs is 1. The summed E-state index contributed by atoms with van der Waals surface area (Å²) < 4.78 is 0. The number of nitrogens with one attached hydrogen (secondary N) is 1. The third kappa shape index (κ3) is 6.07. The monoisotopic (exact) mass is 448 g/mol. The van der Waals surface area contributed by atoms with Gasteiger partial charge in [0.2, 0.25) is 0 Å². The number of carbonyl (C=O) groups excluding carboxylic acids is 1. The van der Waals surface area contributed by atoms with Crippen LogP contribution >= 0.6 is 12.4 Å². The molecule has 2 unspecified atom stereocenters. The topological polar surface area (TPSA) is 32.3 Å². The second kappa shape index (κ2) is 11.4. The Morgan fingerprint density at radius 3 is 2.25 bits per heavy atom. The van der Waals surface area contributed by atoms with Gasteiger partial charge in [0.15, 0.2) is 5.78 Å². The van der Waals surface area contributed by atoms with Crippen molar-refractivity contribution >= 4 is 18.2 Å². The molecule has 0 spiro atoms. The molecule has 32 heavy (non-hydrogen) atoms. The Hall–Kier alpha value is -2.46. The molecule has 3 nitrogen and oxygen atoms in total. The number of Topliss-reactive ketones (excluding diaryl/α,β-unsaturated/α-hetero) is 1. The van der Waals surface area contributed by atoms with E-state index in [1.165, 1.54) is 35.1 Å². The first-order valence-corrected chi connectivity index (χ1v) is 11.2. The summed E-state index contributed by atoms with van der Waals surface area (Å²) in [6.07, 6.45) is 3.56. The summed E-state index contributed by atoms with van der Waals surface area (Å²) in [5.41, 5.74) is 6.39. The van der Waals surface area contributed by atoms with E-state index >= 15 is 0 Å². The van der Waals surface area contributed by atoms with Crippen LogP contribution < -0.4 is 5.32 Å². The van der Waals surface area contributed by atoms with Crippen LogP contribution in [0.4, 0.5) is 0 Å². The summed E-state index contributed by atoms with van der Waals surface area (Å²) in [6, 6.07) is 27.2. The Morgan fingerprint density at radius 2 is 1.56 bits per heavy atom. The maximum Gasteiger partial charge on any atom is 0.151 e. The number of rotatable bonds is 8. The fraction of sp³-hybridized carbons (Fsp3) is 0.321. The van der Waals surface area contributed by atoms with Gasteiger partial charge in [-0.3, -0.25) is 15.0 Å². The van der Waals surface area contributed by atoms with Crippen LogP contribution in [0.5, 0.6) is 0 Å². The average molecular weight is 449 g/mol. The minimum Gasteiger partial charge on any atom is -0.298 e. The van der Waals surface area contributed by atoms with Gasteiger partial charge in [-0.25, -0.2) is 0 Å². The Balaban J connectivity index is 0.00000289. The van der Waals surface area contributed by atoms with Crippen molar-refractivity contribution < 1.29 is 4.79 Å². The first kappa shape index (κ1) is 24.2. The molecular weight excluding hydrogens is 416 g/mol. The zero-order chi connectivity index (χ0) is 21.6. The van der Waals surface area contributed by atoms with Gasteiger partial charge in [-0.05, 0) is 67.0 Å². The van der Waals surface area contributed by atoms with Crippen molar-refractivity contribution in [1.29, 1.82) is 0 Å². The minimum atomic E-state index is -0.278. The van der Waals surface area contributed by atoms with Crippen molar-refractivity contribution in [3.63, 3.8) is 0 Å². The van der Waals surface area contributed by atoms with Gasteiger partial charge in [-0.1, -0.05) is 78.9 Å². The lowest BCUT2D eigenvalue weighted by molar-refractivity contribution is -0.119. The molecule has 168 valence electrons. The highest BCUT2D eigenvalue weighted by Gasteiger charge is 2.21. The zero-order valence-electron chi connectivity index (χ0n) is 19.0. The summed E-state index contributed by atoms with van der Waals surface area (Å²) >= 11 is 0. The maximum atomic E-state index is 12.4. The van der Waals surface area contributed by atoms with E-state index in [0.717, 1.165) is 18.5 Å². The van der Waals surface area contributed by atoms with E-state index in [-0.39, 0.29) is 24.2 Å². The van der Waals surface area contributed by atoms with E-state index in [4.69, 9.17) is 0 Å². The van der Waals surface area contributed by atoms with E-state index in [1.54, 1.807) is 6.92 Å². The molecule has 4 rings (SSSR count). The van der Waals surface area contributed by atoms with Crippen molar-refractivity contribution in [2.75, 3.05) is 20.3 Å². The lowest BCUT2D eigenvalue weighted by Crippen LogP contribution is -2.39. The third-order valence-corrected chi connectivity index (χ3v) is 6.34. The molecule has 0 bridgehead atoms. The van der Waals surface area contributed by atoms with E-state index in [0.29, 0.717) is 12.6 Å². The molecular formula is C28H33ClN2O. The molecule has 1 aliphatic rings. The van der Waals surface area contributed by atoms with Crippen molar-refractivity contribution in [3.05, 3.63) is 95.6 Å². The largest absolute Gasteiger partial charge is 0.298 e. The Labute approximate surface area is 198 Å². The normalized spacial score (nSPS) is 16.2. The van der Waals surface area contributed by atoms with Crippen molar-refractivity contribution in [3.8, 4) is 11.1 Å². The zero-order valence-corrected chi connectivity index (χ0v) is 19.8. The van der Waals surface area contributed by atoms with Crippen LogP contribution in [0.3, 0.4) is 0 Å². The van der Waals surface area contributed by atoms with Crippen molar-refractivity contribution in [2.45, 2.75) is 32.2 Å². The molecule has 0 fully saturated rings. The minimum absolute atomic E-state index is 0. The molecule has 3 aromatic rings. The first-order valence-electron chi connectivity index (χ1n) is 11.2. The summed E-state index contributed by atoms with van der Waals surface area (Å²) in [5, 5.41) is 3.48. The predicted octanol–water partition coefficient (Wildman–Crippen LogP) is 5.69. The highest BCUT2D eigenvalue weighted by molar-refractivity contribution is 5.85. The fourth-order valence-electron chi connectivity index (χ4n) is 4.68. The van der Waals surface area contributed by atoms with Crippen LogP contribution in [-0.2, 0) is 17.6 Å². The van der Waals surface area contributed by atoms with Gasteiger partial charge in [0.05, 0.1) is 6.04 Å². The van der Waals surface area contributed by atoms with E-state index in [1.807, 2.05) is 18.2 Å². The predicted molar refractivity (Wildman–Crippen MR) is 135 cm³/mol. The molecule has 0 saturated heterocycles. The molecule has 0 amide bonds. The van der Waals surface area contributed by atoms with E-state index in [9.17, 15) is 4.79 Å². The molecule has 4 heteroatoms. The smallest absolute Gasteiger partial charge is 0.151 e. The Bertz CT molecular complexity index is 1000. The van der Waals surface area contributed by atoms with Gasteiger partial charge in [-0.2, -0.15) is 0 Å². The van der Waals surface area contributed by atoms with Crippen LogP contribution in [0.1, 0.15) is 36.1 Å². The second-order valence-corrected chi connectivity index (χ2v) is 8.81. The number of nitrogens with zero attached hydrogens (tertiary/aromatic N) is 1. The molecule has 1 N–H and O–H groups in total. The standard InChI is InChI=1S/C28H32N2O.ClH/c1-21(31)28(26-16-14-25(15-17-26)23-8-4-3-5-9-23)29-20-30(2)19-22-12-13-24-10-6-7-11-27(24)18-22;/h3-11,14-17,22,28-29H,12-13,18-20H2,1-2H3;1H. The molecule has 0 aromatic heterocycles. The highest BCUT2D eigenvalue weighted by Crippen LogP contribution is 2.26. The number of aryl methyl sites for hydroxylation is 1. The molecule has 0 radical (unpaired) electrons. The quantitative estimate of drug-likeness (QED) is 0.449. The number of carbonyl (C=O) groups is 1. The number of benzene rings is 3. The summed E-state index contributed by atoms with van der Waals surface area (Å²) in [5.74, 6) is 0.815. The Kier molecular flexibility index (Phi) is 8.63. The average Bonchev–Trinajstić information content (AvgIpc) is 2.80. The van der Waals surface area contributed by atoms with Gasteiger partial charge in [0.25, 0.3) is 0 Å². The summed E-state index contributed by atoms with van der Waals surface area (Å²) in [4.78, 5) is 14.7.